The summed E-state index contributed by atoms with van der Waals surface area (Å²) in [6.45, 7) is 1.65. The first-order chi connectivity index (χ1) is 7.75. The van der Waals surface area contributed by atoms with E-state index in [0.29, 0.717) is 12.3 Å². The minimum absolute atomic E-state index is 0.259. The van der Waals surface area contributed by atoms with Crippen molar-refractivity contribution in [2.75, 3.05) is 0 Å². The van der Waals surface area contributed by atoms with Gasteiger partial charge in [-0.1, -0.05) is 19.3 Å². The summed E-state index contributed by atoms with van der Waals surface area (Å²) in [7, 11) is 0. The highest BCUT2D eigenvalue weighted by Crippen LogP contribution is 2.33. The van der Waals surface area contributed by atoms with Gasteiger partial charge in [-0.25, -0.2) is 4.98 Å². The van der Waals surface area contributed by atoms with Gasteiger partial charge in [-0.3, -0.25) is 0 Å². The molecule has 0 saturated heterocycles. The summed E-state index contributed by atoms with van der Waals surface area (Å²) in [6.07, 6.45) is 8.16. The zero-order valence-electron chi connectivity index (χ0n) is 9.87. The molecular formula is C13H19NOS. The molecule has 0 atom stereocenters. The molecule has 1 fully saturated rings. The number of carbonyl (C=O) groups is 1. The maximum absolute atomic E-state index is 10.9. The normalized spacial score (nSPS) is 17.6. The summed E-state index contributed by atoms with van der Waals surface area (Å²) in [5.41, 5.74) is 1.28. The van der Waals surface area contributed by atoms with E-state index >= 15 is 0 Å². The number of hydrogen-bond donors (Lipinski definition) is 0. The molecule has 1 saturated carbocycles. The summed E-state index contributed by atoms with van der Waals surface area (Å²) in [5.74, 6) is 0.950. The molecule has 1 aliphatic carbocycles. The van der Waals surface area contributed by atoms with E-state index in [0.717, 1.165) is 11.4 Å². The molecule has 0 bridgehead atoms. The van der Waals surface area contributed by atoms with E-state index in [9.17, 15) is 4.79 Å². The summed E-state index contributed by atoms with van der Waals surface area (Å²) < 4.78 is 0. The lowest BCUT2D eigenvalue weighted by molar-refractivity contribution is -0.116. The molecule has 88 valence electrons. The highest BCUT2D eigenvalue weighted by molar-refractivity contribution is 7.09. The Bertz CT molecular complexity index is 353. The van der Waals surface area contributed by atoms with E-state index in [-0.39, 0.29) is 5.78 Å². The second kappa shape index (κ2) is 5.58. The van der Waals surface area contributed by atoms with Crippen LogP contribution in [0, 0.1) is 0 Å². The molecule has 1 heterocycles. The first-order valence-electron chi connectivity index (χ1n) is 6.19. The van der Waals surface area contributed by atoms with Crippen molar-refractivity contribution < 1.29 is 4.79 Å². The Morgan fingerprint density at radius 2 is 2.19 bits per heavy atom. The lowest BCUT2D eigenvalue weighted by Crippen LogP contribution is -2.05. The van der Waals surface area contributed by atoms with Crippen LogP contribution in [0.2, 0.25) is 0 Å². The molecule has 0 aromatic carbocycles. The van der Waals surface area contributed by atoms with Crippen LogP contribution in [0.1, 0.15) is 62.1 Å². The molecule has 0 N–H and O–H groups in total. The average Bonchev–Trinajstić information content (AvgIpc) is 2.76. The topological polar surface area (TPSA) is 30.0 Å². The lowest BCUT2D eigenvalue weighted by Gasteiger charge is -2.19. The van der Waals surface area contributed by atoms with Crippen LogP contribution in [-0.2, 0) is 11.2 Å². The maximum Gasteiger partial charge on any atom is 0.130 e. The van der Waals surface area contributed by atoms with Gasteiger partial charge in [0, 0.05) is 24.1 Å². The molecule has 1 aliphatic rings. The van der Waals surface area contributed by atoms with Crippen LogP contribution in [0.5, 0.6) is 0 Å². The summed E-state index contributed by atoms with van der Waals surface area (Å²) >= 11 is 1.72. The number of ketones is 1. The standard InChI is InChI=1S/C13H19NOS/c1-10(15)7-8-13-14-12(9-16-13)11-5-3-2-4-6-11/h9,11H,2-8H2,1H3. The average molecular weight is 237 g/mol. The van der Waals surface area contributed by atoms with Gasteiger partial charge in [0.1, 0.15) is 5.78 Å². The maximum atomic E-state index is 10.9. The minimum atomic E-state index is 0.259. The number of carbonyl (C=O) groups excluding carboxylic acids is 1. The molecular weight excluding hydrogens is 218 g/mol. The number of rotatable bonds is 4. The van der Waals surface area contributed by atoms with Crippen LogP contribution in [0.25, 0.3) is 0 Å². The van der Waals surface area contributed by atoms with E-state index in [2.05, 4.69) is 10.4 Å². The van der Waals surface area contributed by atoms with Crippen LogP contribution >= 0.6 is 11.3 Å². The smallest absolute Gasteiger partial charge is 0.130 e. The molecule has 16 heavy (non-hydrogen) atoms. The van der Waals surface area contributed by atoms with E-state index < -0.39 is 0 Å². The largest absolute Gasteiger partial charge is 0.300 e. The first kappa shape index (κ1) is 11.8. The third-order valence-electron chi connectivity index (χ3n) is 3.28. The third kappa shape index (κ3) is 3.14. The van der Waals surface area contributed by atoms with Crippen LogP contribution in [0.4, 0.5) is 0 Å². The monoisotopic (exact) mass is 237 g/mol. The van der Waals surface area contributed by atoms with Crippen LogP contribution in [0.15, 0.2) is 5.38 Å². The van der Waals surface area contributed by atoms with Crippen molar-refractivity contribution in [3.8, 4) is 0 Å². The van der Waals surface area contributed by atoms with Gasteiger partial charge >= 0.3 is 0 Å². The van der Waals surface area contributed by atoms with Gasteiger partial charge in [-0.2, -0.15) is 0 Å². The molecule has 2 nitrogen and oxygen atoms in total. The van der Waals surface area contributed by atoms with Crippen LogP contribution in [0.3, 0.4) is 0 Å². The van der Waals surface area contributed by atoms with E-state index in [1.54, 1.807) is 18.3 Å². The van der Waals surface area contributed by atoms with E-state index in [4.69, 9.17) is 0 Å². The highest BCUT2D eigenvalue weighted by atomic mass is 32.1. The van der Waals surface area contributed by atoms with Gasteiger partial charge in [0.05, 0.1) is 10.7 Å². The summed E-state index contributed by atoms with van der Waals surface area (Å²) in [6, 6.07) is 0. The highest BCUT2D eigenvalue weighted by Gasteiger charge is 2.18. The Hall–Kier alpha value is -0.700. The Morgan fingerprint density at radius 1 is 1.44 bits per heavy atom. The quantitative estimate of drug-likeness (QED) is 0.799. The van der Waals surface area contributed by atoms with Crippen molar-refractivity contribution in [3.63, 3.8) is 0 Å². The molecule has 2 rings (SSSR count). The number of nitrogens with zero attached hydrogens (tertiary/aromatic N) is 1. The predicted octanol–water partition coefficient (Wildman–Crippen LogP) is 3.71. The number of thiazole rings is 1. The second-order valence-electron chi connectivity index (χ2n) is 4.70. The molecule has 0 radical (unpaired) electrons. The van der Waals surface area contributed by atoms with Crippen molar-refractivity contribution in [2.45, 2.75) is 57.8 Å². The first-order valence-corrected chi connectivity index (χ1v) is 7.07. The summed E-state index contributed by atoms with van der Waals surface area (Å²) in [5, 5.41) is 3.33. The zero-order valence-corrected chi connectivity index (χ0v) is 10.7. The molecule has 0 unspecified atom stereocenters. The second-order valence-corrected chi connectivity index (χ2v) is 5.65. The third-order valence-corrected chi connectivity index (χ3v) is 4.21. The number of Topliss-reactive ketones (excluding diaryl/α,β-unsaturated/α-hetero) is 1. The Labute approximate surface area is 101 Å². The summed E-state index contributed by atoms with van der Waals surface area (Å²) in [4.78, 5) is 15.6. The molecule has 3 heteroatoms. The van der Waals surface area contributed by atoms with Gasteiger partial charge in [0.15, 0.2) is 0 Å². The van der Waals surface area contributed by atoms with Crippen LogP contribution in [-0.4, -0.2) is 10.8 Å². The Morgan fingerprint density at radius 3 is 2.88 bits per heavy atom. The Balaban J connectivity index is 1.93. The van der Waals surface area contributed by atoms with Crippen molar-refractivity contribution in [1.82, 2.24) is 4.98 Å². The van der Waals surface area contributed by atoms with Gasteiger partial charge in [-0.15, -0.1) is 11.3 Å². The fraction of sp³-hybridized carbons (Fsp3) is 0.692. The lowest BCUT2D eigenvalue weighted by atomic mass is 9.87. The van der Waals surface area contributed by atoms with Gasteiger partial charge < -0.3 is 4.79 Å². The fourth-order valence-electron chi connectivity index (χ4n) is 2.31. The Kier molecular flexibility index (Phi) is 4.10. The molecule has 1 aromatic rings. The molecule has 0 amide bonds. The predicted molar refractivity (Wildman–Crippen MR) is 66.9 cm³/mol. The van der Waals surface area contributed by atoms with Crippen molar-refractivity contribution >= 4 is 17.1 Å². The molecule has 0 spiro atoms. The SMILES string of the molecule is CC(=O)CCc1nc(C2CCCCC2)cs1. The fourth-order valence-corrected chi connectivity index (χ4v) is 3.19. The number of aryl methyl sites for hydroxylation is 1. The van der Waals surface area contributed by atoms with Crippen LogP contribution < -0.4 is 0 Å². The van der Waals surface area contributed by atoms with Gasteiger partial charge in [0.25, 0.3) is 0 Å². The van der Waals surface area contributed by atoms with Crippen molar-refractivity contribution in [1.29, 1.82) is 0 Å². The zero-order chi connectivity index (χ0) is 11.4. The van der Waals surface area contributed by atoms with E-state index in [1.807, 2.05) is 0 Å². The number of hydrogen-bond acceptors (Lipinski definition) is 3. The van der Waals surface area contributed by atoms with Crippen molar-refractivity contribution in [3.05, 3.63) is 16.1 Å². The minimum Gasteiger partial charge on any atom is -0.300 e. The van der Waals surface area contributed by atoms with Crippen molar-refractivity contribution in [2.24, 2.45) is 0 Å². The molecule has 0 aliphatic heterocycles. The van der Waals surface area contributed by atoms with E-state index in [1.165, 1.54) is 37.8 Å². The molecule has 1 aromatic heterocycles. The number of aromatic nitrogens is 1. The van der Waals surface area contributed by atoms with Gasteiger partial charge in [-0.05, 0) is 19.8 Å². The van der Waals surface area contributed by atoms with Gasteiger partial charge in [0.2, 0.25) is 0 Å².